The molecule has 2 aromatic carbocycles. The molecule has 0 bridgehead atoms. The molecular weight excluding hydrogens is 293 g/mol. The first kappa shape index (κ1) is 13.2. The Bertz CT molecular complexity index is 431. The summed E-state index contributed by atoms with van der Waals surface area (Å²) in [7, 11) is 0. The van der Waals surface area contributed by atoms with Crippen molar-refractivity contribution >= 4 is 51.7 Å². The predicted octanol–water partition coefficient (Wildman–Crippen LogP) is 4.30. The van der Waals surface area contributed by atoms with Gasteiger partial charge in [-0.2, -0.15) is 0 Å². The van der Waals surface area contributed by atoms with Crippen LogP contribution in [0.5, 0.6) is 0 Å². The zero-order valence-electron chi connectivity index (χ0n) is 8.98. The summed E-state index contributed by atoms with van der Waals surface area (Å²) in [6, 6.07) is 19.7. The maximum absolute atomic E-state index is 6.80. The molecule has 90 valence electrons. The third-order valence-electron chi connectivity index (χ3n) is 2.69. The molecule has 0 aliphatic carbocycles. The average molecular weight is 306 g/mol. The Labute approximate surface area is 117 Å². The van der Waals surface area contributed by atoms with Crippen LogP contribution >= 0.6 is 41.1 Å². The van der Waals surface area contributed by atoms with Crippen LogP contribution in [0.1, 0.15) is 0 Å². The minimum atomic E-state index is -2.58. The molecule has 0 unspecified atom stereocenters. The van der Waals surface area contributed by atoms with E-state index in [1.54, 1.807) is 0 Å². The Kier molecular flexibility index (Phi) is 4.33. The monoisotopic (exact) mass is 304 g/mol. The Morgan fingerprint density at radius 2 is 1.06 bits per heavy atom. The summed E-state index contributed by atoms with van der Waals surface area (Å²) in [5.74, 6) is 0. The summed E-state index contributed by atoms with van der Waals surface area (Å²) in [6.45, 7) is -2.58. The van der Waals surface area contributed by atoms with Crippen molar-refractivity contribution in [2.45, 2.75) is 4.58 Å². The van der Waals surface area contributed by atoms with Crippen LogP contribution in [0.3, 0.4) is 0 Å². The third kappa shape index (κ3) is 2.61. The molecule has 2 rings (SSSR count). The maximum atomic E-state index is 6.80. The van der Waals surface area contributed by atoms with Crippen molar-refractivity contribution in [1.82, 2.24) is 0 Å². The Morgan fingerprint density at radius 3 is 1.35 bits per heavy atom. The minimum absolute atomic E-state index is 0.589. The van der Waals surface area contributed by atoms with Gasteiger partial charge in [-0.15, -0.1) is 0 Å². The van der Waals surface area contributed by atoms with Gasteiger partial charge in [0.25, 0.3) is 0 Å². The quantitative estimate of drug-likeness (QED) is 0.586. The van der Waals surface area contributed by atoms with Crippen LogP contribution in [-0.4, -0.2) is 4.58 Å². The topological polar surface area (TPSA) is 0 Å². The van der Waals surface area contributed by atoms with E-state index in [9.17, 15) is 0 Å². The molecular formula is C13H12Cl3P. The zero-order chi connectivity index (χ0) is 12.3. The van der Waals surface area contributed by atoms with Crippen LogP contribution in [0.15, 0.2) is 60.7 Å². The van der Waals surface area contributed by atoms with E-state index in [4.69, 9.17) is 34.4 Å². The molecule has 0 amide bonds. The summed E-state index contributed by atoms with van der Waals surface area (Å²) in [6.07, 6.45) is 0. The molecule has 0 aliphatic rings. The average Bonchev–Trinajstić information content (AvgIpc) is 2.39. The third-order valence-corrected chi connectivity index (χ3v) is 10.2. The van der Waals surface area contributed by atoms with E-state index in [0.717, 1.165) is 10.6 Å². The zero-order valence-corrected chi connectivity index (χ0v) is 12.3. The number of benzene rings is 2. The molecule has 0 saturated heterocycles. The van der Waals surface area contributed by atoms with Gasteiger partial charge in [0, 0.05) is 0 Å². The Hall–Kier alpha value is -0.260. The van der Waals surface area contributed by atoms with E-state index >= 15 is 0 Å². The second-order valence-electron chi connectivity index (χ2n) is 3.74. The van der Waals surface area contributed by atoms with Crippen molar-refractivity contribution in [2.24, 2.45) is 0 Å². The number of hydrogen-bond donors (Lipinski definition) is 0. The van der Waals surface area contributed by atoms with Crippen LogP contribution < -0.4 is 10.6 Å². The number of hydrogen-bond acceptors (Lipinski definition) is 0. The molecule has 0 nitrogen and oxygen atoms in total. The molecule has 0 saturated carbocycles. The number of rotatable bonds is 3. The van der Waals surface area contributed by atoms with Gasteiger partial charge in [-0.3, -0.25) is 0 Å². The van der Waals surface area contributed by atoms with Crippen molar-refractivity contribution in [3.05, 3.63) is 60.7 Å². The normalized spacial score (nSPS) is 12.7. The standard InChI is InChI=1S/C13H12Cl3P/c14-13(15)17(16,11-7-3-1-4-8-11)12-9-5-2-6-10-12/h1-10,13,17H. The number of alkyl halides is 2. The van der Waals surface area contributed by atoms with Gasteiger partial charge in [-0.1, -0.05) is 0 Å². The summed E-state index contributed by atoms with van der Waals surface area (Å²) in [5, 5.41) is 2.06. The number of halogens is 3. The van der Waals surface area contributed by atoms with Crippen LogP contribution in [-0.2, 0) is 0 Å². The van der Waals surface area contributed by atoms with Gasteiger partial charge in [0.1, 0.15) is 0 Å². The van der Waals surface area contributed by atoms with Gasteiger partial charge in [0.2, 0.25) is 0 Å². The molecule has 2 aromatic rings. The van der Waals surface area contributed by atoms with Gasteiger partial charge in [-0.05, 0) is 0 Å². The fraction of sp³-hybridized carbons (Fsp3) is 0.0769. The van der Waals surface area contributed by atoms with E-state index in [1.165, 1.54) is 0 Å². The van der Waals surface area contributed by atoms with Crippen LogP contribution in [0.25, 0.3) is 0 Å². The SMILES string of the molecule is ClC(Cl)[PH](Cl)(c1ccccc1)c1ccccc1. The molecule has 4 heteroatoms. The molecule has 0 aromatic heterocycles. The van der Waals surface area contributed by atoms with Crippen molar-refractivity contribution < 1.29 is 0 Å². The van der Waals surface area contributed by atoms with E-state index in [1.807, 2.05) is 60.7 Å². The molecule has 0 aliphatic heterocycles. The van der Waals surface area contributed by atoms with Crippen LogP contribution in [0.4, 0.5) is 0 Å². The molecule has 0 atom stereocenters. The molecule has 0 spiro atoms. The van der Waals surface area contributed by atoms with Gasteiger partial charge >= 0.3 is 117 Å². The Morgan fingerprint density at radius 1 is 0.706 bits per heavy atom. The molecule has 0 N–H and O–H groups in total. The second-order valence-corrected chi connectivity index (χ2v) is 10.5. The Balaban J connectivity index is 2.55. The van der Waals surface area contributed by atoms with E-state index in [0.29, 0.717) is 0 Å². The van der Waals surface area contributed by atoms with Gasteiger partial charge in [0.15, 0.2) is 0 Å². The van der Waals surface area contributed by atoms with Crippen molar-refractivity contribution in [3.8, 4) is 0 Å². The fourth-order valence-electron chi connectivity index (χ4n) is 1.78. The van der Waals surface area contributed by atoms with Crippen LogP contribution in [0.2, 0.25) is 0 Å². The second kappa shape index (κ2) is 5.59. The van der Waals surface area contributed by atoms with Crippen molar-refractivity contribution in [2.75, 3.05) is 0 Å². The van der Waals surface area contributed by atoms with Gasteiger partial charge in [-0.25, -0.2) is 0 Å². The molecule has 0 heterocycles. The van der Waals surface area contributed by atoms with Gasteiger partial charge < -0.3 is 0 Å². The van der Waals surface area contributed by atoms with E-state index in [-0.39, 0.29) is 0 Å². The molecule has 0 radical (unpaired) electrons. The first-order chi connectivity index (χ1) is 8.15. The molecule has 17 heavy (non-hydrogen) atoms. The predicted molar refractivity (Wildman–Crippen MR) is 81.8 cm³/mol. The van der Waals surface area contributed by atoms with Crippen molar-refractivity contribution in [3.63, 3.8) is 0 Å². The summed E-state index contributed by atoms with van der Waals surface area (Å²) < 4.78 is -0.589. The fourth-order valence-corrected chi connectivity index (χ4v) is 6.24. The van der Waals surface area contributed by atoms with E-state index < -0.39 is 11.2 Å². The summed E-state index contributed by atoms with van der Waals surface area (Å²) in [4.78, 5) is 0. The van der Waals surface area contributed by atoms with E-state index in [2.05, 4.69) is 0 Å². The first-order valence-electron chi connectivity index (χ1n) is 5.24. The first-order valence-corrected chi connectivity index (χ1v) is 9.20. The summed E-state index contributed by atoms with van der Waals surface area (Å²) >= 11 is 19.1. The summed E-state index contributed by atoms with van der Waals surface area (Å²) in [5.41, 5.74) is 0. The molecule has 0 fully saturated rings. The van der Waals surface area contributed by atoms with Crippen molar-refractivity contribution in [1.29, 1.82) is 0 Å². The van der Waals surface area contributed by atoms with Gasteiger partial charge in [0.05, 0.1) is 0 Å². The van der Waals surface area contributed by atoms with Crippen LogP contribution in [0, 0.1) is 0 Å².